The molecule has 0 heterocycles. The molecule has 0 saturated heterocycles. The molecule has 82 valence electrons. The van der Waals surface area contributed by atoms with E-state index in [4.69, 9.17) is 11.6 Å². The topological polar surface area (TPSA) is 29.1 Å². The molecule has 1 amide bonds. The standard InChI is InChI=1S/C11H20ClNO/c1-8(7-12)9(2)13-11(14)10-5-3-4-6-10/h8-10H,3-7H2,1-2H3,(H,13,14). The Bertz CT molecular complexity index is 190. The van der Waals surface area contributed by atoms with E-state index in [9.17, 15) is 4.79 Å². The van der Waals surface area contributed by atoms with Crippen LogP contribution in [0.2, 0.25) is 0 Å². The highest BCUT2D eigenvalue weighted by Gasteiger charge is 2.24. The molecule has 0 radical (unpaired) electrons. The van der Waals surface area contributed by atoms with E-state index in [1.54, 1.807) is 0 Å². The van der Waals surface area contributed by atoms with Crippen molar-refractivity contribution in [2.45, 2.75) is 45.6 Å². The van der Waals surface area contributed by atoms with E-state index in [0.29, 0.717) is 11.8 Å². The summed E-state index contributed by atoms with van der Waals surface area (Å²) in [7, 11) is 0. The molecule has 0 aromatic carbocycles. The SMILES string of the molecule is CC(CCl)C(C)NC(=O)C1CCCC1. The van der Waals surface area contributed by atoms with Gasteiger partial charge in [0.2, 0.25) is 5.91 Å². The lowest BCUT2D eigenvalue weighted by atomic mass is 10.0. The highest BCUT2D eigenvalue weighted by Crippen LogP contribution is 2.25. The highest BCUT2D eigenvalue weighted by atomic mass is 35.5. The van der Waals surface area contributed by atoms with Gasteiger partial charge in [0, 0.05) is 17.8 Å². The summed E-state index contributed by atoms with van der Waals surface area (Å²) in [4.78, 5) is 11.7. The van der Waals surface area contributed by atoms with E-state index in [2.05, 4.69) is 12.2 Å². The predicted molar refractivity (Wildman–Crippen MR) is 59.4 cm³/mol. The minimum Gasteiger partial charge on any atom is -0.353 e. The molecular formula is C11H20ClNO. The molecule has 2 atom stereocenters. The van der Waals surface area contributed by atoms with Gasteiger partial charge in [-0.3, -0.25) is 4.79 Å². The van der Waals surface area contributed by atoms with Crippen LogP contribution in [0.4, 0.5) is 0 Å². The normalized spacial score (nSPS) is 21.9. The van der Waals surface area contributed by atoms with Gasteiger partial charge in [0.1, 0.15) is 0 Å². The van der Waals surface area contributed by atoms with Crippen LogP contribution in [0.5, 0.6) is 0 Å². The van der Waals surface area contributed by atoms with E-state index in [-0.39, 0.29) is 17.9 Å². The zero-order chi connectivity index (χ0) is 10.6. The third-order valence-corrected chi connectivity index (χ3v) is 3.68. The van der Waals surface area contributed by atoms with Gasteiger partial charge in [-0.25, -0.2) is 0 Å². The lowest BCUT2D eigenvalue weighted by Crippen LogP contribution is -2.40. The minimum atomic E-state index is 0.195. The van der Waals surface area contributed by atoms with Gasteiger partial charge in [-0.15, -0.1) is 11.6 Å². The van der Waals surface area contributed by atoms with Crippen LogP contribution in [0.25, 0.3) is 0 Å². The fourth-order valence-corrected chi connectivity index (χ4v) is 2.07. The van der Waals surface area contributed by atoms with E-state index in [0.717, 1.165) is 12.8 Å². The molecule has 1 rings (SSSR count). The Kier molecular flexibility index (Phi) is 4.73. The van der Waals surface area contributed by atoms with Crippen LogP contribution in [0, 0.1) is 11.8 Å². The molecule has 1 saturated carbocycles. The van der Waals surface area contributed by atoms with Crippen molar-refractivity contribution >= 4 is 17.5 Å². The Hall–Kier alpha value is -0.240. The van der Waals surface area contributed by atoms with E-state index < -0.39 is 0 Å². The van der Waals surface area contributed by atoms with Crippen molar-refractivity contribution in [3.8, 4) is 0 Å². The fraction of sp³-hybridized carbons (Fsp3) is 0.909. The van der Waals surface area contributed by atoms with Crippen LogP contribution in [-0.2, 0) is 4.79 Å². The molecule has 1 fully saturated rings. The molecule has 1 aliphatic rings. The molecule has 0 bridgehead atoms. The maximum absolute atomic E-state index is 11.7. The molecule has 14 heavy (non-hydrogen) atoms. The van der Waals surface area contributed by atoms with Gasteiger partial charge in [-0.1, -0.05) is 19.8 Å². The fourth-order valence-electron chi connectivity index (χ4n) is 1.81. The smallest absolute Gasteiger partial charge is 0.223 e. The first-order chi connectivity index (χ1) is 6.65. The summed E-state index contributed by atoms with van der Waals surface area (Å²) in [6, 6.07) is 0.195. The molecular weight excluding hydrogens is 198 g/mol. The zero-order valence-corrected chi connectivity index (χ0v) is 9.81. The summed E-state index contributed by atoms with van der Waals surface area (Å²) < 4.78 is 0. The highest BCUT2D eigenvalue weighted by molar-refractivity contribution is 6.18. The summed E-state index contributed by atoms with van der Waals surface area (Å²) in [6.07, 6.45) is 4.54. The average Bonchev–Trinajstić information content (AvgIpc) is 2.69. The van der Waals surface area contributed by atoms with Crippen LogP contribution in [0.15, 0.2) is 0 Å². The van der Waals surface area contributed by atoms with Crippen molar-refractivity contribution in [1.82, 2.24) is 5.32 Å². The molecule has 0 aromatic rings. The molecule has 2 nitrogen and oxygen atoms in total. The first-order valence-corrected chi connectivity index (χ1v) is 6.05. The number of halogens is 1. The van der Waals surface area contributed by atoms with Gasteiger partial charge >= 0.3 is 0 Å². The zero-order valence-electron chi connectivity index (χ0n) is 9.05. The summed E-state index contributed by atoms with van der Waals surface area (Å²) >= 11 is 5.74. The quantitative estimate of drug-likeness (QED) is 0.721. The van der Waals surface area contributed by atoms with Crippen molar-refractivity contribution in [2.75, 3.05) is 5.88 Å². The van der Waals surface area contributed by atoms with Gasteiger partial charge < -0.3 is 5.32 Å². The third kappa shape index (κ3) is 3.16. The summed E-state index contributed by atoms with van der Waals surface area (Å²) in [5.41, 5.74) is 0. The van der Waals surface area contributed by atoms with Crippen molar-refractivity contribution in [1.29, 1.82) is 0 Å². The summed E-state index contributed by atoms with van der Waals surface area (Å²) in [6.45, 7) is 4.09. The number of hydrogen-bond donors (Lipinski definition) is 1. The predicted octanol–water partition coefficient (Wildman–Crippen LogP) is 2.56. The maximum Gasteiger partial charge on any atom is 0.223 e. The minimum absolute atomic E-state index is 0.195. The van der Waals surface area contributed by atoms with Gasteiger partial charge in [-0.2, -0.15) is 0 Å². The maximum atomic E-state index is 11.7. The van der Waals surface area contributed by atoms with Crippen LogP contribution in [0.3, 0.4) is 0 Å². The second kappa shape index (κ2) is 5.59. The van der Waals surface area contributed by atoms with Gasteiger partial charge in [0.25, 0.3) is 0 Å². The molecule has 3 heteroatoms. The largest absolute Gasteiger partial charge is 0.353 e. The van der Waals surface area contributed by atoms with Crippen LogP contribution in [-0.4, -0.2) is 17.8 Å². The van der Waals surface area contributed by atoms with Crippen molar-refractivity contribution in [2.24, 2.45) is 11.8 Å². The summed E-state index contributed by atoms with van der Waals surface area (Å²) in [5, 5.41) is 3.05. The third-order valence-electron chi connectivity index (χ3n) is 3.19. The number of nitrogens with one attached hydrogen (secondary N) is 1. The number of rotatable bonds is 4. The van der Waals surface area contributed by atoms with Crippen molar-refractivity contribution in [3.05, 3.63) is 0 Å². The lowest BCUT2D eigenvalue weighted by Gasteiger charge is -2.21. The second-order valence-corrected chi connectivity index (χ2v) is 4.72. The van der Waals surface area contributed by atoms with Crippen LogP contribution in [0.1, 0.15) is 39.5 Å². The van der Waals surface area contributed by atoms with Crippen LogP contribution < -0.4 is 5.32 Å². The van der Waals surface area contributed by atoms with Crippen molar-refractivity contribution < 1.29 is 4.79 Å². The average molecular weight is 218 g/mol. The van der Waals surface area contributed by atoms with E-state index in [1.807, 2.05) is 6.92 Å². The molecule has 1 N–H and O–H groups in total. The van der Waals surface area contributed by atoms with E-state index >= 15 is 0 Å². The first kappa shape index (κ1) is 11.8. The Morgan fingerprint density at radius 1 is 1.43 bits per heavy atom. The molecule has 1 aliphatic carbocycles. The Morgan fingerprint density at radius 3 is 2.50 bits per heavy atom. The molecule has 0 spiro atoms. The van der Waals surface area contributed by atoms with Gasteiger partial charge in [0.05, 0.1) is 0 Å². The molecule has 2 unspecified atom stereocenters. The Labute approximate surface area is 91.4 Å². The van der Waals surface area contributed by atoms with Gasteiger partial charge in [-0.05, 0) is 25.7 Å². The number of hydrogen-bond acceptors (Lipinski definition) is 1. The first-order valence-electron chi connectivity index (χ1n) is 5.51. The van der Waals surface area contributed by atoms with E-state index in [1.165, 1.54) is 12.8 Å². The number of alkyl halides is 1. The summed E-state index contributed by atoms with van der Waals surface area (Å²) in [5.74, 6) is 1.44. The monoisotopic (exact) mass is 217 g/mol. The second-order valence-electron chi connectivity index (χ2n) is 4.41. The lowest BCUT2D eigenvalue weighted by molar-refractivity contribution is -0.125. The Morgan fingerprint density at radius 2 is 2.00 bits per heavy atom. The Balaban J connectivity index is 2.31. The number of carbonyl (C=O) groups excluding carboxylic acids is 1. The van der Waals surface area contributed by atoms with Gasteiger partial charge in [0.15, 0.2) is 0 Å². The molecule has 0 aromatic heterocycles. The number of amides is 1. The number of carbonyl (C=O) groups is 1. The van der Waals surface area contributed by atoms with Crippen LogP contribution >= 0.6 is 11.6 Å². The molecule has 0 aliphatic heterocycles. The van der Waals surface area contributed by atoms with Crippen molar-refractivity contribution in [3.63, 3.8) is 0 Å².